The van der Waals surface area contributed by atoms with E-state index in [1.807, 2.05) is 0 Å². The monoisotopic (exact) mass is 216 g/mol. The fourth-order valence-corrected chi connectivity index (χ4v) is 1.41. The largest absolute Gasteiger partial charge is 0.495 e. The van der Waals surface area contributed by atoms with Gasteiger partial charge in [-0.2, -0.15) is 13.2 Å². The highest BCUT2D eigenvalue weighted by molar-refractivity contribution is 5.84. The maximum atomic E-state index is 12.5. The third-order valence-corrected chi connectivity index (χ3v) is 2.05. The Kier molecular flexibility index (Phi) is 2.06. The van der Waals surface area contributed by atoms with Gasteiger partial charge in [0.15, 0.2) is 0 Å². The van der Waals surface area contributed by atoms with E-state index in [9.17, 15) is 13.2 Å². The van der Waals surface area contributed by atoms with E-state index in [4.69, 9.17) is 4.74 Å². The molecular formula is C9H7F3N2O. The number of aromatic amines is 1. The molecular weight excluding hydrogens is 209 g/mol. The summed E-state index contributed by atoms with van der Waals surface area (Å²) in [5, 5.41) is 0.326. The maximum absolute atomic E-state index is 12.5. The van der Waals surface area contributed by atoms with Gasteiger partial charge in [0.2, 0.25) is 0 Å². The summed E-state index contributed by atoms with van der Waals surface area (Å²) in [7, 11) is 1.21. The van der Waals surface area contributed by atoms with E-state index in [0.29, 0.717) is 11.0 Å². The van der Waals surface area contributed by atoms with Crippen molar-refractivity contribution in [1.29, 1.82) is 0 Å². The van der Waals surface area contributed by atoms with Crippen molar-refractivity contribution in [1.82, 2.24) is 9.97 Å². The van der Waals surface area contributed by atoms with E-state index in [2.05, 4.69) is 9.97 Å². The van der Waals surface area contributed by atoms with Crippen LogP contribution in [0.5, 0.6) is 5.75 Å². The summed E-state index contributed by atoms with van der Waals surface area (Å²) >= 11 is 0. The van der Waals surface area contributed by atoms with Gasteiger partial charge in [0, 0.05) is 12.4 Å². The maximum Gasteiger partial charge on any atom is 0.421 e. The summed E-state index contributed by atoms with van der Waals surface area (Å²) < 4.78 is 42.4. The number of hydrogen-bond donors (Lipinski definition) is 1. The van der Waals surface area contributed by atoms with Crippen LogP contribution in [0.4, 0.5) is 13.2 Å². The molecule has 0 aliphatic carbocycles. The van der Waals surface area contributed by atoms with Crippen LogP contribution < -0.4 is 4.74 Å². The van der Waals surface area contributed by atoms with Crippen LogP contribution >= 0.6 is 0 Å². The van der Waals surface area contributed by atoms with Crippen LogP contribution in [-0.4, -0.2) is 17.1 Å². The smallest absolute Gasteiger partial charge is 0.421 e. The number of fused-ring (bicyclic) bond motifs is 1. The van der Waals surface area contributed by atoms with Crippen molar-refractivity contribution in [3.63, 3.8) is 0 Å². The lowest BCUT2D eigenvalue weighted by atomic mass is 10.2. The van der Waals surface area contributed by atoms with Gasteiger partial charge in [-0.3, -0.25) is 0 Å². The third-order valence-electron chi connectivity index (χ3n) is 2.05. The van der Waals surface area contributed by atoms with E-state index < -0.39 is 11.7 Å². The number of ether oxygens (including phenoxy) is 1. The molecule has 0 radical (unpaired) electrons. The molecule has 0 unspecified atom stereocenters. The first kappa shape index (κ1) is 9.82. The van der Waals surface area contributed by atoms with Crippen molar-refractivity contribution >= 4 is 11.0 Å². The van der Waals surface area contributed by atoms with Crippen molar-refractivity contribution in [2.45, 2.75) is 6.18 Å². The van der Waals surface area contributed by atoms with Crippen molar-refractivity contribution in [3.8, 4) is 5.75 Å². The lowest BCUT2D eigenvalue weighted by Crippen LogP contribution is -2.08. The van der Waals surface area contributed by atoms with Crippen LogP contribution in [0.2, 0.25) is 0 Å². The summed E-state index contributed by atoms with van der Waals surface area (Å²) in [6.45, 7) is 0. The average molecular weight is 216 g/mol. The second kappa shape index (κ2) is 3.15. The number of methoxy groups -OCH3 is 1. The highest BCUT2D eigenvalue weighted by Gasteiger charge is 2.35. The molecule has 0 aromatic carbocycles. The minimum absolute atomic E-state index is 0.200. The summed E-state index contributed by atoms with van der Waals surface area (Å²) in [5.41, 5.74) is -0.489. The highest BCUT2D eigenvalue weighted by atomic mass is 19.4. The van der Waals surface area contributed by atoms with E-state index in [1.165, 1.54) is 19.4 Å². The van der Waals surface area contributed by atoms with Gasteiger partial charge in [0.25, 0.3) is 0 Å². The van der Waals surface area contributed by atoms with Gasteiger partial charge in [-0.15, -0.1) is 0 Å². The Hall–Kier alpha value is -1.72. The molecule has 1 N–H and O–H groups in total. The molecule has 2 heterocycles. The van der Waals surface area contributed by atoms with Crippen molar-refractivity contribution < 1.29 is 17.9 Å². The summed E-state index contributed by atoms with van der Waals surface area (Å²) in [5.74, 6) is -0.200. The first-order chi connectivity index (χ1) is 7.04. The molecule has 0 saturated carbocycles. The number of pyridine rings is 1. The number of aromatic nitrogens is 2. The minimum atomic E-state index is -4.45. The Bertz CT molecular complexity index is 490. The Morgan fingerprint density at radius 3 is 2.73 bits per heavy atom. The van der Waals surface area contributed by atoms with Crippen LogP contribution in [0.1, 0.15) is 5.56 Å². The Morgan fingerprint density at radius 2 is 2.13 bits per heavy atom. The van der Waals surface area contributed by atoms with Crippen LogP contribution in [0, 0.1) is 0 Å². The van der Waals surface area contributed by atoms with Crippen molar-refractivity contribution in [2.24, 2.45) is 0 Å². The zero-order valence-electron chi connectivity index (χ0n) is 7.72. The number of rotatable bonds is 1. The Balaban J connectivity index is 2.75. The zero-order valence-corrected chi connectivity index (χ0v) is 7.72. The first-order valence-corrected chi connectivity index (χ1v) is 4.11. The Morgan fingerprint density at radius 1 is 1.40 bits per heavy atom. The van der Waals surface area contributed by atoms with Crippen molar-refractivity contribution in [2.75, 3.05) is 7.11 Å². The lowest BCUT2D eigenvalue weighted by Gasteiger charge is -2.11. The van der Waals surface area contributed by atoms with Crippen LogP contribution in [0.3, 0.4) is 0 Å². The van der Waals surface area contributed by atoms with E-state index in [1.54, 1.807) is 0 Å². The molecule has 2 aromatic heterocycles. The predicted octanol–water partition coefficient (Wildman–Crippen LogP) is 2.59. The third kappa shape index (κ3) is 1.51. The van der Waals surface area contributed by atoms with Crippen LogP contribution in [0.15, 0.2) is 18.5 Å². The normalized spacial score (nSPS) is 12.0. The molecule has 0 aliphatic heterocycles. The second-order valence-corrected chi connectivity index (χ2v) is 2.94. The van der Waals surface area contributed by atoms with Gasteiger partial charge >= 0.3 is 6.18 Å². The lowest BCUT2D eigenvalue weighted by molar-refractivity contribution is -0.138. The predicted molar refractivity (Wildman–Crippen MR) is 47.6 cm³/mol. The SMILES string of the molecule is COc1c(C(F)(F)F)cnc2[nH]ccc12. The zero-order chi connectivity index (χ0) is 11.1. The van der Waals surface area contributed by atoms with Crippen molar-refractivity contribution in [3.05, 3.63) is 24.0 Å². The van der Waals surface area contributed by atoms with Gasteiger partial charge < -0.3 is 9.72 Å². The molecule has 0 amide bonds. The average Bonchev–Trinajstić information content (AvgIpc) is 2.61. The number of halogens is 3. The second-order valence-electron chi connectivity index (χ2n) is 2.94. The summed E-state index contributed by atoms with van der Waals surface area (Å²) in [6.07, 6.45) is -2.18. The van der Waals surface area contributed by atoms with Gasteiger partial charge in [-0.1, -0.05) is 0 Å². The van der Waals surface area contributed by atoms with Gasteiger partial charge in [-0.25, -0.2) is 4.98 Å². The highest BCUT2D eigenvalue weighted by Crippen LogP contribution is 2.39. The molecule has 80 valence electrons. The molecule has 0 saturated heterocycles. The van der Waals surface area contributed by atoms with E-state index >= 15 is 0 Å². The number of nitrogens with zero attached hydrogens (tertiary/aromatic N) is 1. The first-order valence-electron chi connectivity index (χ1n) is 4.11. The quantitative estimate of drug-likeness (QED) is 0.795. The van der Waals surface area contributed by atoms with Gasteiger partial charge in [0.1, 0.15) is 17.0 Å². The number of nitrogens with one attached hydrogen (secondary N) is 1. The molecule has 0 bridgehead atoms. The van der Waals surface area contributed by atoms with Gasteiger partial charge in [0.05, 0.1) is 12.5 Å². The molecule has 2 aromatic rings. The number of hydrogen-bond acceptors (Lipinski definition) is 2. The fraction of sp³-hybridized carbons (Fsp3) is 0.222. The van der Waals surface area contributed by atoms with Crippen LogP contribution in [-0.2, 0) is 6.18 Å². The van der Waals surface area contributed by atoms with E-state index in [-0.39, 0.29) is 5.75 Å². The van der Waals surface area contributed by atoms with E-state index in [0.717, 1.165) is 6.20 Å². The summed E-state index contributed by atoms with van der Waals surface area (Å²) in [6, 6.07) is 1.50. The molecule has 2 rings (SSSR count). The molecule has 6 heteroatoms. The molecule has 0 spiro atoms. The van der Waals surface area contributed by atoms with Crippen LogP contribution in [0.25, 0.3) is 11.0 Å². The topological polar surface area (TPSA) is 37.9 Å². The van der Waals surface area contributed by atoms with Gasteiger partial charge in [-0.05, 0) is 6.07 Å². The summed E-state index contributed by atoms with van der Waals surface area (Å²) in [4.78, 5) is 6.38. The molecule has 0 fully saturated rings. The molecule has 0 atom stereocenters. The Labute approximate surface area is 82.9 Å². The number of H-pyrrole nitrogens is 1. The minimum Gasteiger partial charge on any atom is -0.495 e. The standard InChI is InChI=1S/C9H7F3N2O/c1-15-7-5-2-3-13-8(5)14-4-6(7)9(10,11)12/h2-4H,1H3,(H,13,14). The molecule has 0 aliphatic rings. The fourth-order valence-electron chi connectivity index (χ4n) is 1.41. The molecule has 3 nitrogen and oxygen atoms in total. The number of alkyl halides is 3. The molecule has 15 heavy (non-hydrogen) atoms.